The molecule has 1 aromatic carbocycles. The van der Waals surface area contributed by atoms with Gasteiger partial charge in [0.25, 0.3) is 5.56 Å². The topological polar surface area (TPSA) is 255 Å². The van der Waals surface area contributed by atoms with Crippen molar-refractivity contribution in [2.24, 2.45) is 0 Å². The highest BCUT2D eigenvalue weighted by molar-refractivity contribution is 6.32. The largest absolute Gasteiger partial charge is 0.458 e. The summed E-state index contributed by atoms with van der Waals surface area (Å²) < 4.78 is 22.7. The SMILES string of the molecule is CCOCCOCCC(=O)N[C@@H](C)C(=O)N[C@@H](C)C(=O)N[C@@H](C)C(=O)NCOCC(=O)N[C@H]1CCc2c(C)c(Cl)cc3nc4c(c1c23)Cn1c-4cc2c(c1=O)COC(=O)[C@]2(O)CC. The number of rotatable bonds is 19. The van der Waals surface area contributed by atoms with Gasteiger partial charge < -0.3 is 55.2 Å². The maximum atomic E-state index is 13.9. The fourth-order valence-corrected chi connectivity index (χ4v) is 8.29. The Hall–Kier alpha value is -5.47. The molecule has 63 heavy (non-hydrogen) atoms. The number of amides is 5. The van der Waals surface area contributed by atoms with Gasteiger partial charge in [-0.05, 0) is 82.7 Å². The minimum atomic E-state index is -1.99. The number of aliphatic hydroxyl groups is 1. The summed E-state index contributed by atoms with van der Waals surface area (Å²) in [6, 6.07) is -0.135. The van der Waals surface area contributed by atoms with Gasteiger partial charge in [-0.2, -0.15) is 0 Å². The smallest absolute Gasteiger partial charge is 0.343 e. The average molecular weight is 896 g/mol. The molecule has 0 radical (unpaired) electrons. The Kier molecular flexibility index (Phi) is 14.9. The molecule has 20 heteroatoms. The number of hydrogen-bond acceptors (Lipinski definition) is 13. The van der Waals surface area contributed by atoms with Crippen molar-refractivity contribution >= 4 is 58.0 Å². The number of halogens is 1. The van der Waals surface area contributed by atoms with Crippen LogP contribution in [0.3, 0.4) is 0 Å². The van der Waals surface area contributed by atoms with E-state index in [4.69, 9.17) is 35.5 Å². The lowest BCUT2D eigenvalue weighted by Crippen LogP contribution is -2.54. The number of carbonyl (C=O) groups excluding carboxylic acids is 6. The van der Waals surface area contributed by atoms with Crippen LogP contribution in [-0.4, -0.2) is 108 Å². The lowest BCUT2D eigenvalue weighted by atomic mass is 9.81. The molecular formula is C43H54ClN7O12. The third-order valence-electron chi connectivity index (χ3n) is 11.6. The summed E-state index contributed by atoms with van der Waals surface area (Å²) >= 11 is 6.68. The molecule has 5 atom stereocenters. The van der Waals surface area contributed by atoms with Gasteiger partial charge in [-0.25, -0.2) is 9.78 Å². The van der Waals surface area contributed by atoms with E-state index < -0.39 is 77.4 Å². The molecule has 5 amide bonds. The summed E-state index contributed by atoms with van der Waals surface area (Å²) in [5.41, 5.74) is 2.81. The normalized spacial score (nSPS) is 18.5. The first kappa shape index (κ1) is 47.0. The number of hydrogen-bond donors (Lipinski definition) is 6. The lowest BCUT2D eigenvalue weighted by Gasteiger charge is -2.31. The van der Waals surface area contributed by atoms with Gasteiger partial charge in [0.15, 0.2) is 5.60 Å². The zero-order valence-corrected chi connectivity index (χ0v) is 36.9. The molecule has 0 saturated heterocycles. The standard InChI is InChI=1S/C43H54ClN7O12/c1-7-43(59)28-15-32-37-26(17-51(32)41(57)27(28)18-63-42(43)58)36-30(10-9-25-21(3)29(44)16-31(50-37)35(25)36)49-34(53)19-62-20-45-38(54)22(4)47-40(56)24(6)48-39(55)23(5)46-33(52)11-12-61-14-13-60-8-2/h15-16,22-24,30,59H,7-14,17-20H2,1-6H3,(H,45,54)(H,46,52)(H,47,56)(H,48,55)(H,49,53)/t22-,23-,24-,30-,43-/m0/s1. The lowest BCUT2D eigenvalue weighted by molar-refractivity contribution is -0.172. The number of pyridine rings is 2. The van der Waals surface area contributed by atoms with Gasteiger partial charge in [0.1, 0.15) is 38.1 Å². The Morgan fingerprint density at radius 2 is 1.60 bits per heavy atom. The van der Waals surface area contributed by atoms with Gasteiger partial charge in [-0.15, -0.1) is 0 Å². The van der Waals surface area contributed by atoms with Crippen LogP contribution in [0.2, 0.25) is 5.02 Å². The summed E-state index contributed by atoms with van der Waals surface area (Å²) in [5.74, 6) is -3.55. The summed E-state index contributed by atoms with van der Waals surface area (Å²) in [7, 11) is 0. The highest BCUT2D eigenvalue weighted by atomic mass is 35.5. The molecule has 0 saturated carbocycles. The fourth-order valence-electron chi connectivity index (χ4n) is 8.07. The van der Waals surface area contributed by atoms with Gasteiger partial charge in [0, 0.05) is 34.6 Å². The summed E-state index contributed by atoms with van der Waals surface area (Å²) in [6.07, 6.45) is 1.11. The van der Waals surface area contributed by atoms with Crippen LogP contribution in [0.25, 0.3) is 22.3 Å². The van der Waals surface area contributed by atoms with E-state index in [2.05, 4.69) is 26.6 Å². The number of ether oxygens (including phenoxy) is 4. The van der Waals surface area contributed by atoms with E-state index in [1.54, 1.807) is 23.6 Å². The second kappa shape index (κ2) is 19.9. The molecule has 3 aromatic rings. The number of aryl methyl sites for hydroxylation is 1. The van der Waals surface area contributed by atoms with E-state index in [9.17, 15) is 38.7 Å². The monoisotopic (exact) mass is 895 g/mol. The average Bonchev–Trinajstić information content (AvgIpc) is 3.62. The molecule has 0 unspecified atom stereocenters. The molecule has 1 aliphatic carbocycles. The number of nitrogens with zero attached hydrogens (tertiary/aromatic N) is 2. The molecule has 19 nitrogen and oxygen atoms in total. The van der Waals surface area contributed by atoms with Crippen molar-refractivity contribution in [2.75, 3.05) is 39.8 Å². The van der Waals surface area contributed by atoms with Gasteiger partial charge in [0.2, 0.25) is 29.5 Å². The first-order valence-corrected chi connectivity index (χ1v) is 21.4. The predicted molar refractivity (Wildman–Crippen MR) is 227 cm³/mol. The number of aromatic nitrogens is 2. The maximum absolute atomic E-state index is 13.9. The molecular weight excluding hydrogens is 842 g/mol. The molecule has 2 aliphatic heterocycles. The Balaban J connectivity index is 1.03. The highest BCUT2D eigenvalue weighted by Gasteiger charge is 2.46. The van der Waals surface area contributed by atoms with Crippen molar-refractivity contribution < 1.29 is 52.8 Å². The molecule has 340 valence electrons. The summed E-state index contributed by atoms with van der Waals surface area (Å²) in [4.78, 5) is 95.4. The molecule has 0 spiro atoms. The Bertz CT molecular complexity index is 2390. The number of fused-ring (bicyclic) bond motifs is 5. The maximum Gasteiger partial charge on any atom is 0.343 e. The van der Waals surface area contributed by atoms with Crippen molar-refractivity contribution in [3.63, 3.8) is 0 Å². The summed E-state index contributed by atoms with van der Waals surface area (Å²) in [5, 5.41) is 25.8. The van der Waals surface area contributed by atoms with E-state index in [1.807, 2.05) is 13.8 Å². The fraction of sp³-hybridized carbons (Fsp3) is 0.535. The van der Waals surface area contributed by atoms with Crippen molar-refractivity contribution in [2.45, 2.75) is 110 Å². The van der Waals surface area contributed by atoms with Crippen molar-refractivity contribution in [3.8, 4) is 11.4 Å². The Labute approximate surface area is 368 Å². The van der Waals surface area contributed by atoms with Crippen LogP contribution >= 0.6 is 11.6 Å². The second-order valence-corrected chi connectivity index (χ2v) is 16.2. The molecule has 3 aliphatic rings. The Morgan fingerprint density at radius 3 is 2.30 bits per heavy atom. The molecule has 2 aromatic heterocycles. The Morgan fingerprint density at radius 1 is 0.921 bits per heavy atom. The molecule has 4 heterocycles. The van der Waals surface area contributed by atoms with Crippen LogP contribution < -0.4 is 32.1 Å². The first-order chi connectivity index (χ1) is 30.0. The first-order valence-electron chi connectivity index (χ1n) is 21.0. The highest BCUT2D eigenvalue weighted by Crippen LogP contribution is 2.46. The van der Waals surface area contributed by atoms with E-state index in [-0.39, 0.29) is 50.5 Å². The molecule has 6 N–H and O–H groups in total. The molecule has 0 bridgehead atoms. The van der Waals surface area contributed by atoms with Crippen LogP contribution in [-0.2, 0) is 72.9 Å². The zero-order chi connectivity index (χ0) is 45.7. The molecule has 6 rings (SSSR count). The van der Waals surface area contributed by atoms with Crippen LogP contribution in [0.5, 0.6) is 0 Å². The van der Waals surface area contributed by atoms with Gasteiger partial charge >= 0.3 is 5.97 Å². The quantitative estimate of drug-likeness (QED) is 0.0440. The third kappa shape index (κ3) is 9.87. The molecule has 0 fully saturated rings. The zero-order valence-electron chi connectivity index (χ0n) is 36.2. The van der Waals surface area contributed by atoms with Crippen molar-refractivity contribution in [1.82, 2.24) is 36.1 Å². The number of esters is 1. The van der Waals surface area contributed by atoms with Crippen molar-refractivity contribution in [3.05, 3.63) is 60.9 Å². The predicted octanol–water partition coefficient (Wildman–Crippen LogP) is 1.19. The van der Waals surface area contributed by atoms with E-state index in [1.165, 1.54) is 20.8 Å². The second-order valence-electron chi connectivity index (χ2n) is 15.8. The van der Waals surface area contributed by atoms with Crippen LogP contribution in [0.4, 0.5) is 0 Å². The van der Waals surface area contributed by atoms with E-state index in [0.29, 0.717) is 60.2 Å². The third-order valence-corrected chi connectivity index (χ3v) is 12.0. The minimum Gasteiger partial charge on any atom is -0.458 e. The van der Waals surface area contributed by atoms with E-state index >= 15 is 0 Å². The summed E-state index contributed by atoms with van der Waals surface area (Å²) in [6.45, 7) is 10.3. The number of nitrogens with one attached hydrogen (secondary N) is 5. The number of cyclic esters (lactones) is 1. The van der Waals surface area contributed by atoms with Gasteiger partial charge in [0.05, 0.1) is 54.9 Å². The van der Waals surface area contributed by atoms with E-state index in [0.717, 1.165) is 22.1 Å². The van der Waals surface area contributed by atoms with Crippen LogP contribution in [0.1, 0.15) is 93.3 Å². The van der Waals surface area contributed by atoms with Gasteiger partial charge in [-0.3, -0.25) is 28.8 Å². The number of benzene rings is 1. The van der Waals surface area contributed by atoms with Crippen molar-refractivity contribution in [1.29, 1.82) is 0 Å². The van der Waals surface area contributed by atoms with Crippen LogP contribution in [0, 0.1) is 6.92 Å². The number of carbonyl (C=O) groups is 6. The van der Waals surface area contributed by atoms with Gasteiger partial charge in [-0.1, -0.05) is 18.5 Å². The minimum absolute atomic E-state index is 0.00305. The van der Waals surface area contributed by atoms with Crippen LogP contribution in [0.15, 0.2) is 16.9 Å².